The predicted octanol–water partition coefficient (Wildman–Crippen LogP) is 7.99. The van der Waals surface area contributed by atoms with Crippen LogP contribution < -0.4 is 0 Å². The minimum absolute atomic E-state index is 0.163. The molecular formula is C31H46N2O2S6. The molecule has 4 aliphatic rings. The minimum Gasteiger partial charge on any atom is -0.393 e. The molecule has 4 heterocycles. The van der Waals surface area contributed by atoms with Gasteiger partial charge in [0.15, 0.2) is 0 Å². The highest BCUT2D eigenvalue weighted by molar-refractivity contribution is 8.03. The SMILES string of the molecule is CC(C)(CCCC(O)CCCC(O)CCCC(C)(C)N1C(=S)C=C2SCCC2C1=S)N1C(=S)C=C2SCCC2C1=S. The van der Waals surface area contributed by atoms with Crippen LogP contribution in [0.4, 0.5) is 0 Å². The molecule has 0 bridgehead atoms. The Kier molecular flexibility index (Phi) is 12.0. The summed E-state index contributed by atoms with van der Waals surface area (Å²) in [5, 5.41) is 21.3. The van der Waals surface area contributed by atoms with Gasteiger partial charge in [0.25, 0.3) is 0 Å². The van der Waals surface area contributed by atoms with E-state index in [4.69, 9.17) is 48.9 Å². The van der Waals surface area contributed by atoms with Gasteiger partial charge in [-0.2, -0.15) is 0 Å². The lowest BCUT2D eigenvalue weighted by Crippen LogP contribution is -2.53. The van der Waals surface area contributed by atoms with Gasteiger partial charge in [-0.25, -0.2) is 0 Å². The first-order valence-electron chi connectivity index (χ1n) is 15.1. The van der Waals surface area contributed by atoms with Crippen LogP contribution in [0.1, 0.15) is 98.3 Å². The zero-order chi connectivity index (χ0) is 29.9. The molecule has 4 nitrogen and oxygen atoms in total. The molecule has 0 amide bonds. The number of rotatable bonds is 14. The van der Waals surface area contributed by atoms with Crippen LogP contribution in [0.15, 0.2) is 22.0 Å². The summed E-state index contributed by atoms with van der Waals surface area (Å²) < 4.78 is 0. The van der Waals surface area contributed by atoms with Crippen LogP contribution in [0.2, 0.25) is 0 Å². The van der Waals surface area contributed by atoms with Gasteiger partial charge in [0.2, 0.25) is 0 Å². The van der Waals surface area contributed by atoms with E-state index in [0.29, 0.717) is 11.8 Å². The normalized spacial score (nSPS) is 24.8. The second-order valence-electron chi connectivity index (χ2n) is 13.1. The predicted molar refractivity (Wildman–Crippen MR) is 193 cm³/mol. The van der Waals surface area contributed by atoms with Crippen molar-refractivity contribution in [2.24, 2.45) is 11.8 Å². The number of hydrogen-bond acceptors (Lipinski definition) is 8. The third kappa shape index (κ3) is 8.21. The van der Waals surface area contributed by atoms with E-state index in [1.807, 2.05) is 23.5 Å². The van der Waals surface area contributed by atoms with Gasteiger partial charge < -0.3 is 20.0 Å². The molecular weight excluding hydrogens is 625 g/mol. The molecule has 228 valence electrons. The zero-order valence-corrected chi connectivity index (χ0v) is 29.8. The third-order valence-electron chi connectivity index (χ3n) is 8.98. The molecule has 0 aromatic heterocycles. The minimum atomic E-state index is -0.345. The van der Waals surface area contributed by atoms with Crippen LogP contribution in [0, 0.1) is 11.8 Å². The fraction of sp³-hybridized carbons (Fsp3) is 0.742. The van der Waals surface area contributed by atoms with Gasteiger partial charge in [0, 0.05) is 22.9 Å². The number of aliphatic hydroxyl groups is 2. The van der Waals surface area contributed by atoms with E-state index < -0.39 is 0 Å². The van der Waals surface area contributed by atoms with Crippen molar-refractivity contribution in [2.45, 2.75) is 122 Å². The van der Waals surface area contributed by atoms with Gasteiger partial charge in [-0.3, -0.25) is 0 Å². The largest absolute Gasteiger partial charge is 0.393 e. The molecule has 10 heteroatoms. The van der Waals surface area contributed by atoms with Crippen LogP contribution in [-0.4, -0.2) is 74.8 Å². The van der Waals surface area contributed by atoms with E-state index in [0.717, 1.165) is 102 Å². The van der Waals surface area contributed by atoms with E-state index in [9.17, 15) is 10.2 Å². The standard InChI is InChI=1S/C31H46N2O2S6/c1-30(2,32-26(36)18-24-22(28(32)38)12-16-40-24)14-6-10-20(34)8-5-9-21(35)11-7-15-31(3,4)33-27(37)19-25-23(29(33)39)13-17-41-25/h18-23,34-35H,5-17H2,1-4H3. The number of fused-ring (bicyclic) bond motifs is 2. The molecule has 41 heavy (non-hydrogen) atoms. The van der Waals surface area contributed by atoms with E-state index >= 15 is 0 Å². The third-order valence-corrected chi connectivity index (χ3v) is 12.9. The van der Waals surface area contributed by atoms with Gasteiger partial charge in [-0.05, 0) is 132 Å². The Bertz CT molecular complexity index is 1020. The highest BCUT2D eigenvalue weighted by atomic mass is 32.2. The molecule has 0 saturated carbocycles. The van der Waals surface area contributed by atoms with Crippen molar-refractivity contribution < 1.29 is 10.2 Å². The summed E-state index contributed by atoms with van der Waals surface area (Å²) in [6.07, 6.45) is 13.3. The van der Waals surface area contributed by atoms with Crippen molar-refractivity contribution in [3.05, 3.63) is 22.0 Å². The van der Waals surface area contributed by atoms with Crippen LogP contribution >= 0.6 is 72.4 Å². The van der Waals surface area contributed by atoms with Gasteiger partial charge in [0.1, 0.15) is 9.98 Å². The summed E-state index contributed by atoms with van der Waals surface area (Å²) in [6.45, 7) is 8.85. The van der Waals surface area contributed by atoms with E-state index in [-0.39, 0.29) is 23.3 Å². The van der Waals surface area contributed by atoms with Crippen molar-refractivity contribution in [2.75, 3.05) is 11.5 Å². The van der Waals surface area contributed by atoms with Crippen molar-refractivity contribution in [3.8, 4) is 0 Å². The molecule has 0 aromatic carbocycles. The molecule has 4 atom stereocenters. The Morgan fingerprint density at radius 2 is 1.07 bits per heavy atom. The molecule has 0 radical (unpaired) electrons. The Labute approximate surface area is 277 Å². The van der Waals surface area contributed by atoms with Crippen LogP contribution in [-0.2, 0) is 0 Å². The molecule has 0 aliphatic carbocycles. The topological polar surface area (TPSA) is 46.9 Å². The van der Waals surface area contributed by atoms with Gasteiger partial charge in [-0.1, -0.05) is 48.9 Å². The summed E-state index contributed by atoms with van der Waals surface area (Å²) in [5.74, 6) is 2.93. The lowest BCUT2D eigenvalue weighted by atomic mass is 9.89. The van der Waals surface area contributed by atoms with Crippen molar-refractivity contribution in [1.82, 2.24) is 9.80 Å². The number of hydrogen-bond donors (Lipinski definition) is 2. The van der Waals surface area contributed by atoms with Crippen LogP contribution in [0.5, 0.6) is 0 Å². The first kappa shape index (κ1) is 33.9. The summed E-state index contributed by atoms with van der Waals surface area (Å²) in [6, 6.07) is 0. The lowest BCUT2D eigenvalue weighted by Gasteiger charge is -2.44. The van der Waals surface area contributed by atoms with Crippen molar-refractivity contribution in [1.29, 1.82) is 0 Å². The number of nitrogens with zero attached hydrogens (tertiary/aromatic N) is 2. The smallest absolute Gasteiger partial charge is 0.108 e. The Hall–Kier alpha value is 0.0600. The fourth-order valence-corrected chi connectivity index (χ4v) is 11.6. The average Bonchev–Trinajstić information content (AvgIpc) is 3.53. The number of thioether (sulfide) groups is 2. The Morgan fingerprint density at radius 3 is 1.46 bits per heavy atom. The second kappa shape index (κ2) is 14.4. The van der Waals surface area contributed by atoms with E-state index in [1.165, 1.54) is 9.81 Å². The Balaban J connectivity index is 1.12. The summed E-state index contributed by atoms with van der Waals surface area (Å²) in [5.41, 5.74) is -0.326. The second-order valence-corrected chi connectivity index (χ2v) is 17.2. The van der Waals surface area contributed by atoms with E-state index in [2.05, 4.69) is 49.6 Å². The molecule has 2 saturated heterocycles. The molecule has 0 spiro atoms. The highest BCUT2D eigenvalue weighted by Gasteiger charge is 2.41. The van der Waals surface area contributed by atoms with Crippen LogP contribution in [0.3, 0.4) is 0 Å². The lowest BCUT2D eigenvalue weighted by molar-refractivity contribution is 0.117. The maximum Gasteiger partial charge on any atom is 0.108 e. The first-order valence-corrected chi connectivity index (χ1v) is 18.7. The summed E-state index contributed by atoms with van der Waals surface area (Å²) in [7, 11) is 0. The van der Waals surface area contributed by atoms with Crippen molar-refractivity contribution >= 4 is 92.3 Å². The zero-order valence-electron chi connectivity index (χ0n) is 24.9. The highest BCUT2D eigenvalue weighted by Crippen LogP contribution is 2.44. The molecule has 4 rings (SSSR count). The Morgan fingerprint density at radius 1 is 0.707 bits per heavy atom. The monoisotopic (exact) mass is 670 g/mol. The van der Waals surface area contributed by atoms with E-state index in [1.54, 1.807) is 0 Å². The average molecular weight is 671 g/mol. The summed E-state index contributed by atoms with van der Waals surface area (Å²) in [4.78, 5) is 10.7. The maximum atomic E-state index is 10.6. The maximum absolute atomic E-state index is 10.6. The van der Waals surface area contributed by atoms with Crippen molar-refractivity contribution in [3.63, 3.8) is 0 Å². The molecule has 0 aromatic rings. The number of thiocarbonyl (C=S) groups is 4. The molecule has 2 N–H and O–H groups in total. The quantitative estimate of drug-likeness (QED) is 0.178. The molecule has 2 fully saturated rings. The molecule has 4 unspecified atom stereocenters. The first-order chi connectivity index (χ1) is 19.3. The van der Waals surface area contributed by atoms with Gasteiger partial charge in [-0.15, -0.1) is 23.5 Å². The number of aliphatic hydroxyl groups excluding tert-OH is 2. The molecule has 4 aliphatic heterocycles. The van der Waals surface area contributed by atoms with Crippen LogP contribution in [0.25, 0.3) is 0 Å². The van der Waals surface area contributed by atoms with Gasteiger partial charge in [0.05, 0.1) is 22.2 Å². The summed E-state index contributed by atoms with van der Waals surface area (Å²) >= 11 is 27.0. The fourth-order valence-electron chi connectivity index (χ4n) is 6.59. The van der Waals surface area contributed by atoms with Gasteiger partial charge >= 0.3 is 0 Å².